The van der Waals surface area contributed by atoms with Gasteiger partial charge in [0.05, 0.1) is 19.8 Å². The molecule has 0 unspecified atom stereocenters. The fourth-order valence-corrected chi connectivity index (χ4v) is 4.64. The van der Waals surface area contributed by atoms with Gasteiger partial charge in [0.25, 0.3) is 0 Å². The van der Waals surface area contributed by atoms with Gasteiger partial charge in [0, 0.05) is 50.7 Å². The van der Waals surface area contributed by atoms with E-state index in [1.165, 1.54) is 37.1 Å². The summed E-state index contributed by atoms with van der Waals surface area (Å²) in [7, 11) is 0. The lowest BCUT2D eigenvalue weighted by Gasteiger charge is -2.48. The number of hydrogen-bond acceptors (Lipinski definition) is 4. The van der Waals surface area contributed by atoms with Crippen molar-refractivity contribution in [3.8, 4) is 0 Å². The van der Waals surface area contributed by atoms with Crippen molar-refractivity contribution in [1.82, 2.24) is 19.6 Å². The fraction of sp³-hybridized carbons (Fsp3) is 0.571. The predicted octanol–water partition coefficient (Wildman–Crippen LogP) is 2.23. The van der Waals surface area contributed by atoms with Crippen LogP contribution in [-0.2, 0) is 17.8 Å². The highest BCUT2D eigenvalue weighted by molar-refractivity contribution is 5.23. The molecule has 1 saturated carbocycles. The number of ether oxygens (including phenoxy) is 1. The number of fused-ring (bicyclic) bond motifs is 1. The van der Waals surface area contributed by atoms with Crippen molar-refractivity contribution in [3.05, 3.63) is 53.9 Å². The third-order valence-corrected chi connectivity index (χ3v) is 6.10. The molecule has 3 aliphatic rings. The van der Waals surface area contributed by atoms with Crippen LogP contribution in [0.4, 0.5) is 0 Å². The van der Waals surface area contributed by atoms with Gasteiger partial charge in [-0.05, 0) is 36.0 Å². The predicted molar refractivity (Wildman–Crippen MR) is 101 cm³/mol. The zero-order valence-corrected chi connectivity index (χ0v) is 15.3. The van der Waals surface area contributed by atoms with Crippen LogP contribution in [-0.4, -0.2) is 64.5 Å². The summed E-state index contributed by atoms with van der Waals surface area (Å²) in [5.74, 6) is 0.906. The van der Waals surface area contributed by atoms with Crippen molar-refractivity contribution in [2.45, 2.75) is 38.0 Å². The number of piperazine rings is 1. The van der Waals surface area contributed by atoms with Gasteiger partial charge < -0.3 is 4.74 Å². The minimum Gasteiger partial charge on any atom is -0.378 e. The molecular formula is C21H28N4O. The Morgan fingerprint density at radius 2 is 1.92 bits per heavy atom. The molecule has 3 heterocycles. The van der Waals surface area contributed by atoms with E-state index in [1.54, 1.807) is 0 Å². The maximum absolute atomic E-state index is 5.95. The molecule has 5 nitrogen and oxygen atoms in total. The largest absolute Gasteiger partial charge is 0.378 e. The first kappa shape index (κ1) is 16.5. The maximum atomic E-state index is 5.95. The summed E-state index contributed by atoms with van der Waals surface area (Å²) in [4.78, 5) is 5.36. The Morgan fingerprint density at radius 1 is 1.04 bits per heavy atom. The lowest BCUT2D eigenvalue weighted by molar-refractivity contribution is -0.0880. The molecule has 0 spiro atoms. The molecule has 1 aromatic heterocycles. The topological polar surface area (TPSA) is 33.5 Å². The van der Waals surface area contributed by atoms with Crippen molar-refractivity contribution < 1.29 is 4.74 Å². The van der Waals surface area contributed by atoms with E-state index in [1.807, 2.05) is 23.1 Å². The zero-order chi connectivity index (χ0) is 17.3. The van der Waals surface area contributed by atoms with Gasteiger partial charge in [-0.15, -0.1) is 0 Å². The Morgan fingerprint density at radius 3 is 2.73 bits per heavy atom. The van der Waals surface area contributed by atoms with E-state index in [2.05, 4.69) is 39.2 Å². The van der Waals surface area contributed by atoms with Crippen molar-refractivity contribution in [2.75, 3.05) is 32.8 Å². The van der Waals surface area contributed by atoms with E-state index in [-0.39, 0.29) is 0 Å². The van der Waals surface area contributed by atoms with Crippen LogP contribution in [0.1, 0.15) is 24.0 Å². The van der Waals surface area contributed by atoms with Crippen LogP contribution in [0.25, 0.3) is 0 Å². The second kappa shape index (κ2) is 7.14. The number of hydrogen-bond donors (Lipinski definition) is 0. The summed E-state index contributed by atoms with van der Waals surface area (Å²) >= 11 is 0. The maximum Gasteiger partial charge on any atom is 0.0659 e. The molecule has 5 heteroatoms. The normalized spacial score (nSPS) is 27.4. The third kappa shape index (κ3) is 3.56. The van der Waals surface area contributed by atoms with Gasteiger partial charge in [-0.25, -0.2) is 0 Å². The Hall–Kier alpha value is -1.69. The van der Waals surface area contributed by atoms with E-state index >= 15 is 0 Å². The fourth-order valence-electron chi connectivity index (χ4n) is 4.64. The molecule has 2 aliphatic heterocycles. The molecule has 1 aliphatic carbocycles. The summed E-state index contributed by atoms with van der Waals surface area (Å²) < 4.78 is 7.93. The number of morpholine rings is 1. The third-order valence-electron chi connectivity index (χ3n) is 6.10. The summed E-state index contributed by atoms with van der Waals surface area (Å²) in [5.41, 5.74) is 2.72. The lowest BCUT2D eigenvalue weighted by Crippen LogP contribution is -2.62. The molecule has 2 aromatic rings. The van der Waals surface area contributed by atoms with E-state index in [0.717, 1.165) is 38.8 Å². The van der Waals surface area contributed by atoms with Gasteiger partial charge >= 0.3 is 0 Å². The minimum absolute atomic E-state index is 0.579. The summed E-state index contributed by atoms with van der Waals surface area (Å²) in [6.07, 6.45) is 6.67. The zero-order valence-electron chi connectivity index (χ0n) is 15.3. The van der Waals surface area contributed by atoms with E-state index in [4.69, 9.17) is 4.74 Å². The van der Waals surface area contributed by atoms with Crippen molar-refractivity contribution in [1.29, 1.82) is 0 Å². The first-order chi connectivity index (χ1) is 12.8. The molecule has 5 rings (SSSR count). The Balaban J connectivity index is 1.22. The Bertz CT molecular complexity index is 727. The van der Waals surface area contributed by atoms with Crippen molar-refractivity contribution >= 4 is 0 Å². The van der Waals surface area contributed by atoms with E-state index in [0.29, 0.717) is 12.1 Å². The van der Waals surface area contributed by atoms with Gasteiger partial charge in [0.15, 0.2) is 0 Å². The Labute approximate surface area is 155 Å². The highest BCUT2D eigenvalue weighted by Crippen LogP contribution is 2.38. The monoisotopic (exact) mass is 352 g/mol. The highest BCUT2D eigenvalue weighted by Gasteiger charge is 2.42. The molecule has 0 amide bonds. The van der Waals surface area contributed by atoms with Crippen LogP contribution >= 0.6 is 0 Å². The number of benzene rings is 1. The van der Waals surface area contributed by atoms with Gasteiger partial charge in [0.2, 0.25) is 0 Å². The first-order valence-electron chi connectivity index (χ1n) is 9.96. The summed E-state index contributed by atoms with van der Waals surface area (Å²) in [6, 6.07) is 12.2. The quantitative estimate of drug-likeness (QED) is 0.826. The highest BCUT2D eigenvalue weighted by atomic mass is 16.5. The molecule has 1 aromatic carbocycles. The second-order valence-electron chi connectivity index (χ2n) is 8.09. The molecule has 0 bridgehead atoms. The van der Waals surface area contributed by atoms with Crippen LogP contribution in [0.15, 0.2) is 42.7 Å². The molecule has 26 heavy (non-hydrogen) atoms. The Kier molecular flexibility index (Phi) is 4.53. The molecule has 138 valence electrons. The first-order valence-corrected chi connectivity index (χ1v) is 9.96. The van der Waals surface area contributed by atoms with Gasteiger partial charge in [0.1, 0.15) is 0 Å². The SMILES string of the molecule is c1cc(CN2CCN3[C@@H](COC[C@@H]3C3CC3)C2)cc(Cn2cccn2)c1. The molecule has 0 N–H and O–H groups in total. The number of rotatable bonds is 5. The van der Waals surface area contributed by atoms with Crippen LogP contribution in [0.3, 0.4) is 0 Å². The van der Waals surface area contributed by atoms with Crippen molar-refractivity contribution in [2.24, 2.45) is 5.92 Å². The van der Waals surface area contributed by atoms with Gasteiger partial charge in [-0.1, -0.05) is 24.3 Å². The molecule has 0 radical (unpaired) electrons. The second-order valence-corrected chi connectivity index (χ2v) is 8.09. The average molecular weight is 352 g/mol. The average Bonchev–Trinajstić information content (AvgIpc) is 3.38. The van der Waals surface area contributed by atoms with Gasteiger partial charge in [-0.2, -0.15) is 5.10 Å². The van der Waals surface area contributed by atoms with Gasteiger partial charge in [-0.3, -0.25) is 14.5 Å². The molecular weight excluding hydrogens is 324 g/mol. The smallest absolute Gasteiger partial charge is 0.0659 e. The van der Waals surface area contributed by atoms with E-state index in [9.17, 15) is 0 Å². The summed E-state index contributed by atoms with van der Waals surface area (Å²) in [6.45, 7) is 7.23. The number of nitrogens with zero attached hydrogens (tertiary/aromatic N) is 4. The standard InChI is InChI=1S/C21H28N4O/c1-3-17(11-18(4-1)13-24-8-2-7-22-24)12-23-9-10-25-20(14-23)15-26-16-21(25)19-5-6-19/h1-4,7-8,11,19-21H,5-6,9-10,12-16H2/t20-,21-/m1/s1. The minimum atomic E-state index is 0.579. The molecule has 2 saturated heterocycles. The molecule has 2 atom stereocenters. The van der Waals surface area contributed by atoms with Crippen LogP contribution < -0.4 is 0 Å². The van der Waals surface area contributed by atoms with Crippen LogP contribution in [0.2, 0.25) is 0 Å². The van der Waals surface area contributed by atoms with Crippen LogP contribution in [0, 0.1) is 5.92 Å². The lowest BCUT2D eigenvalue weighted by atomic mass is 10.0. The van der Waals surface area contributed by atoms with E-state index < -0.39 is 0 Å². The summed E-state index contributed by atoms with van der Waals surface area (Å²) in [5, 5.41) is 4.32. The molecule has 3 fully saturated rings. The van der Waals surface area contributed by atoms with Crippen LogP contribution in [0.5, 0.6) is 0 Å². The van der Waals surface area contributed by atoms with Crippen molar-refractivity contribution in [3.63, 3.8) is 0 Å². The number of aromatic nitrogens is 2.